The maximum atomic E-state index is 12.9. The summed E-state index contributed by atoms with van der Waals surface area (Å²) in [6.07, 6.45) is 0. The van der Waals surface area contributed by atoms with Crippen molar-refractivity contribution in [3.05, 3.63) is 54.1 Å². The van der Waals surface area contributed by atoms with Crippen molar-refractivity contribution >= 4 is 28.9 Å². The van der Waals surface area contributed by atoms with E-state index in [0.717, 1.165) is 30.0 Å². The van der Waals surface area contributed by atoms with E-state index in [0.29, 0.717) is 5.69 Å². The van der Waals surface area contributed by atoms with Gasteiger partial charge in [0.05, 0.1) is 0 Å². The van der Waals surface area contributed by atoms with E-state index < -0.39 is 5.41 Å². The van der Waals surface area contributed by atoms with E-state index in [1.54, 1.807) is 13.8 Å². The van der Waals surface area contributed by atoms with Crippen molar-refractivity contribution in [2.75, 3.05) is 28.6 Å². The minimum atomic E-state index is -1.22. The van der Waals surface area contributed by atoms with Gasteiger partial charge in [-0.15, -0.1) is 0 Å². The molecule has 2 aromatic rings. The molecule has 2 amide bonds. The average molecular weight is 396 g/mol. The van der Waals surface area contributed by atoms with Crippen molar-refractivity contribution in [3.8, 4) is 0 Å². The van der Waals surface area contributed by atoms with Gasteiger partial charge in [-0.25, -0.2) is 0 Å². The zero-order valence-electron chi connectivity index (χ0n) is 18.4. The maximum absolute atomic E-state index is 12.9. The predicted molar refractivity (Wildman–Crippen MR) is 122 cm³/mol. The Kier molecular flexibility index (Phi) is 7.43. The van der Waals surface area contributed by atoms with Gasteiger partial charge in [0.25, 0.3) is 0 Å². The largest absolute Gasteiger partial charge is 0.372 e. The van der Waals surface area contributed by atoms with Crippen molar-refractivity contribution in [3.63, 3.8) is 0 Å². The molecule has 29 heavy (non-hydrogen) atoms. The summed E-state index contributed by atoms with van der Waals surface area (Å²) in [7, 11) is 0. The van der Waals surface area contributed by atoms with Crippen LogP contribution in [-0.4, -0.2) is 24.9 Å². The number of nitrogens with zero attached hydrogens (tertiary/aromatic N) is 1. The number of hydrogen-bond acceptors (Lipinski definition) is 3. The van der Waals surface area contributed by atoms with Crippen molar-refractivity contribution in [1.29, 1.82) is 0 Å². The second-order valence-electron chi connectivity index (χ2n) is 7.99. The van der Waals surface area contributed by atoms with E-state index >= 15 is 0 Å². The first kappa shape index (κ1) is 22.5. The normalized spacial score (nSPS) is 11.3. The summed E-state index contributed by atoms with van der Waals surface area (Å²) in [5.74, 6) is -0.400. The Morgan fingerprint density at radius 3 is 2.00 bits per heavy atom. The third-order valence-corrected chi connectivity index (χ3v) is 5.22. The molecule has 2 rings (SSSR count). The Morgan fingerprint density at radius 1 is 0.897 bits per heavy atom. The lowest BCUT2D eigenvalue weighted by atomic mass is 9.90. The molecule has 5 nitrogen and oxygen atoms in total. The Hall–Kier alpha value is -2.82. The molecule has 0 spiro atoms. The standard InChI is InChI=1S/C24H33N3O2/c1-7-27(8-2)19-15-13-18(14-16-19)25-22(28)24(5,6)23(29)26-21-12-10-9-11-20(21)17(3)4/h9-17H,7-8H2,1-6H3,(H,25,28)(H,26,29). The minimum Gasteiger partial charge on any atom is -0.372 e. The van der Waals surface area contributed by atoms with Gasteiger partial charge in [0, 0.05) is 30.2 Å². The van der Waals surface area contributed by atoms with Gasteiger partial charge < -0.3 is 15.5 Å². The monoisotopic (exact) mass is 395 g/mol. The fraction of sp³-hybridized carbons (Fsp3) is 0.417. The van der Waals surface area contributed by atoms with E-state index in [2.05, 4.69) is 43.2 Å². The molecule has 0 aromatic heterocycles. The van der Waals surface area contributed by atoms with E-state index in [-0.39, 0.29) is 17.7 Å². The molecule has 0 unspecified atom stereocenters. The zero-order chi connectivity index (χ0) is 21.6. The molecule has 2 N–H and O–H groups in total. The Morgan fingerprint density at radius 2 is 1.45 bits per heavy atom. The van der Waals surface area contributed by atoms with Gasteiger partial charge in [0.1, 0.15) is 5.41 Å². The summed E-state index contributed by atoms with van der Waals surface area (Å²) in [5, 5.41) is 5.80. The van der Waals surface area contributed by atoms with E-state index in [4.69, 9.17) is 0 Å². The van der Waals surface area contributed by atoms with Crippen molar-refractivity contribution in [2.45, 2.75) is 47.5 Å². The summed E-state index contributed by atoms with van der Waals surface area (Å²) in [6.45, 7) is 13.5. The first-order valence-electron chi connectivity index (χ1n) is 10.3. The highest BCUT2D eigenvalue weighted by Gasteiger charge is 2.36. The highest BCUT2D eigenvalue weighted by molar-refractivity contribution is 6.14. The van der Waals surface area contributed by atoms with Crippen molar-refractivity contribution in [2.24, 2.45) is 5.41 Å². The minimum absolute atomic E-state index is 0.271. The number of anilines is 3. The summed E-state index contributed by atoms with van der Waals surface area (Å²) < 4.78 is 0. The van der Waals surface area contributed by atoms with Crippen molar-refractivity contribution < 1.29 is 9.59 Å². The van der Waals surface area contributed by atoms with Crippen LogP contribution >= 0.6 is 0 Å². The maximum Gasteiger partial charge on any atom is 0.239 e. The summed E-state index contributed by atoms with van der Waals surface area (Å²) in [6, 6.07) is 15.4. The van der Waals surface area contributed by atoms with E-state index in [1.807, 2.05) is 48.5 Å². The summed E-state index contributed by atoms with van der Waals surface area (Å²) >= 11 is 0. The van der Waals surface area contributed by atoms with Crippen LogP contribution in [0.2, 0.25) is 0 Å². The second kappa shape index (κ2) is 9.59. The molecule has 0 radical (unpaired) electrons. The molecule has 0 atom stereocenters. The lowest BCUT2D eigenvalue weighted by Crippen LogP contribution is -2.41. The van der Waals surface area contributed by atoms with Crippen LogP contribution in [0.1, 0.15) is 53.0 Å². The van der Waals surface area contributed by atoms with Gasteiger partial charge in [-0.1, -0.05) is 32.0 Å². The number of benzene rings is 2. The highest BCUT2D eigenvalue weighted by atomic mass is 16.2. The van der Waals surface area contributed by atoms with Crippen LogP contribution < -0.4 is 15.5 Å². The zero-order valence-corrected chi connectivity index (χ0v) is 18.4. The SMILES string of the molecule is CCN(CC)c1ccc(NC(=O)C(C)(C)C(=O)Nc2ccccc2C(C)C)cc1. The van der Waals surface area contributed by atoms with Crippen LogP contribution in [0.3, 0.4) is 0 Å². The third-order valence-electron chi connectivity index (χ3n) is 5.22. The van der Waals surface area contributed by atoms with Crippen LogP contribution in [-0.2, 0) is 9.59 Å². The molecule has 0 bridgehead atoms. The number of carbonyl (C=O) groups is 2. The smallest absolute Gasteiger partial charge is 0.239 e. The van der Waals surface area contributed by atoms with Gasteiger partial charge in [-0.05, 0) is 69.5 Å². The Bertz CT molecular complexity index is 837. The number of para-hydroxylation sites is 1. The number of nitrogens with one attached hydrogen (secondary N) is 2. The molecule has 156 valence electrons. The summed E-state index contributed by atoms with van der Waals surface area (Å²) in [5.41, 5.74) is 2.35. The van der Waals surface area contributed by atoms with Crippen LogP contribution in [0.15, 0.2) is 48.5 Å². The number of rotatable bonds is 8. The number of amides is 2. The molecule has 2 aromatic carbocycles. The van der Waals surface area contributed by atoms with Gasteiger partial charge in [0.2, 0.25) is 11.8 Å². The van der Waals surface area contributed by atoms with Gasteiger partial charge in [-0.3, -0.25) is 9.59 Å². The van der Waals surface area contributed by atoms with Gasteiger partial charge in [-0.2, -0.15) is 0 Å². The van der Waals surface area contributed by atoms with Crippen LogP contribution in [0.25, 0.3) is 0 Å². The Balaban J connectivity index is 2.10. The molecule has 0 fully saturated rings. The van der Waals surface area contributed by atoms with Crippen LogP contribution in [0.4, 0.5) is 17.1 Å². The molecule has 0 aliphatic heterocycles. The lowest BCUT2D eigenvalue weighted by molar-refractivity contribution is -0.135. The lowest BCUT2D eigenvalue weighted by Gasteiger charge is -2.24. The second-order valence-corrected chi connectivity index (χ2v) is 7.99. The quantitative estimate of drug-likeness (QED) is 0.599. The summed E-state index contributed by atoms with van der Waals surface area (Å²) in [4.78, 5) is 27.9. The molecule has 0 aliphatic carbocycles. The fourth-order valence-corrected chi connectivity index (χ4v) is 3.13. The molecule has 5 heteroatoms. The first-order chi connectivity index (χ1) is 13.7. The molecule has 0 saturated carbocycles. The van der Waals surface area contributed by atoms with Gasteiger partial charge in [0.15, 0.2) is 0 Å². The Labute approximate surface area is 174 Å². The van der Waals surface area contributed by atoms with Crippen LogP contribution in [0, 0.1) is 5.41 Å². The highest BCUT2D eigenvalue weighted by Crippen LogP contribution is 2.27. The van der Waals surface area contributed by atoms with Crippen molar-refractivity contribution in [1.82, 2.24) is 0 Å². The number of carbonyl (C=O) groups excluding carboxylic acids is 2. The molecule has 0 aliphatic rings. The molecular formula is C24H33N3O2. The predicted octanol–water partition coefficient (Wildman–Crippen LogP) is 5.26. The first-order valence-corrected chi connectivity index (χ1v) is 10.3. The average Bonchev–Trinajstić information content (AvgIpc) is 2.70. The molecule has 0 heterocycles. The fourth-order valence-electron chi connectivity index (χ4n) is 3.13. The van der Waals surface area contributed by atoms with E-state index in [1.165, 1.54) is 0 Å². The van der Waals surface area contributed by atoms with E-state index in [9.17, 15) is 9.59 Å². The van der Waals surface area contributed by atoms with Crippen LogP contribution in [0.5, 0.6) is 0 Å². The third kappa shape index (κ3) is 5.37. The topological polar surface area (TPSA) is 61.4 Å². The van der Waals surface area contributed by atoms with Gasteiger partial charge >= 0.3 is 0 Å². The number of hydrogen-bond donors (Lipinski definition) is 2. The molecular weight excluding hydrogens is 362 g/mol. The molecule has 0 saturated heterocycles.